The van der Waals surface area contributed by atoms with Gasteiger partial charge in [0.1, 0.15) is 6.04 Å². The highest BCUT2D eigenvalue weighted by molar-refractivity contribution is 6.31. The molecular weight excluding hydrogens is 302 g/mol. The van der Waals surface area contributed by atoms with Gasteiger partial charge in [0.2, 0.25) is 5.91 Å². The van der Waals surface area contributed by atoms with Gasteiger partial charge < -0.3 is 5.32 Å². The summed E-state index contributed by atoms with van der Waals surface area (Å²) in [6.07, 6.45) is 0.460. The number of hydrogen-bond donors (Lipinski definition) is 1. The first-order chi connectivity index (χ1) is 10.4. The predicted octanol–water partition coefficient (Wildman–Crippen LogP) is 3.10. The summed E-state index contributed by atoms with van der Waals surface area (Å²) in [5.41, 5.74) is 1.81. The van der Waals surface area contributed by atoms with Crippen molar-refractivity contribution in [3.8, 4) is 0 Å². The van der Waals surface area contributed by atoms with E-state index in [0.29, 0.717) is 22.8 Å². The number of carbonyl (C=O) groups is 1. The maximum Gasteiger partial charge on any atom is 0.267 e. The molecule has 2 rings (SSSR count). The summed E-state index contributed by atoms with van der Waals surface area (Å²) in [6.45, 7) is 5.45. The lowest BCUT2D eigenvalue weighted by molar-refractivity contribution is -0.119. The van der Waals surface area contributed by atoms with Gasteiger partial charge in [-0.15, -0.1) is 0 Å². The number of halogens is 1. The first kappa shape index (κ1) is 16.2. The van der Waals surface area contributed by atoms with Crippen LogP contribution in [0.2, 0.25) is 5.02 Å². The van der Waals surface area contributed by atoms with Crippen molar-refractivity contribution in [2.24, 2.45) is 0 Å². The molecule has 0 saturated heterocycles. The smallest absolute Gasteiger partial charge is 0.267 e. The van der Waals surface area contributed by atoms with Crippen LogP contribution >= 0.6 is 11.6 Å². The van der Waals surface area contributed by atoms with Crippen LogP contribution in [-0.4, -0.2) is 15.7 Å². The second-order valence-electron chi connectivity index (χ2n) is 5.08. The Morgan fingerprint density at radius 3 is 2.73 bits per heavy atom. The quantitative estimate of drug-likeness (QED) is 0.941. The zero-order chi connectivity index (χ0) is 16.3. The number of hydrogen-bond acceptors (Lipinski definition) is 3. The Morgan fingerprint density at radius 2 is 2.05 bits per heavy atom. The van der Waals surface area contributed by atoms with Gasteiger partial charge >= 0.3 is 0 Å². The van der Waals surface area contributed by atoms with Crippen LogP contribution in [0, 0.1) is 13.8 Å². The number of aryl methyl sites for hydroxylation is 1. The summed E-state index contributed by atoms with van der Waals surface area (Å²) in [5.74, 6) is -0.284. The number of anilines is 1. The van der Waals surface area contributed by atoms with Crippen molar-refractivity contribution in [1.82, 2.24) is 9.78 Å². The molecule has 1 aromatic heterocycles. The molecule has 1 unspecified atom stereocenters. The van der Waals surface area contributed by atoms with Gasteiger partial charge in [0.05, 0.1) is 5.69 Å². The second kappa shape index (κ2) is 6.75. The average Bonchev–Trinajstić information content (AvgIpc) is 2.48. The summed E-state index contributed by atoms with van der Waals surface area (Å²) in [7, 11) is 0. The molecule has 1 N–H and O–H groups in total. The predicted molar refractivity (Wildman–Crippen MR) is 87.4 cm³/mol. The number of rotatable bonds is 4. The molecule has 0 bridgehead atoms. The Kier molecular flexibility index (Phi) is 4.98. The summed E-state index contributed by atoms with van der Waals surface area (Å²) in [5, 5.41) is 7.57. The monoisotopic (exact) mass is 319 g/mol. The molecule has 1 heterocycles. The molecule has 6 heteroatoms. The lowest BCUT2D eigenvalue weighted by atomic mass is 10.1. The van der Waals surface area contributed by atoms with E-state index in [9.17, 15) is 9.59 Å². The minimum Gasteiger partial charge on any atom is -0.324 e. The molecule has 0 spiro atoms. The third kappa shape index (κ3) is 3.36. The molecule has 0 fully saturated rings. The van der Waals surface area contributed by atoms with Gasteiger partial charge in [-0.3, -0.25) is 9.59 Å². The topological polar surface area (TPSA) is 64.0 Å². The van der Waals surface area contributed by atoms with Crippen LogP contribution in [0.1, 0.15) is 30.6 Å². The normalized spacial score (nSPS) is 12.0. The van der Waals surface area contributed by atoms with E-state index >= 15 is 0 Å². The fourth-order valence-corrected chi connectivity index (χ4v) is 2.35. The van der Waals surface area contributed by atoms with E-state index in [2.05, 4.69) is 10.4 Å². The molecule has 1 atom stereocenters. The number of benzene rings is 1. The molecule has 1 aromatic carbocycles. The Labute approximate surface area is 133 Å². The average molecular weight is 320 g/mol. The largest absolute Gasteiger partial charge is 0.324 e. The van der Waals surface area contributed by atoms with E-state index in [1.165, 1.54) is 10.7 Å². The minimum absolute atomic E-state index is 0.284. The number of aromatic nitrogens is 2. The molecule has 116 valence electrons. The van der Waals surface area contributed by atoms with Gasteiger partial charge in [-0.05, 0) is 44.0 Å². The van der Waals surface area contributed by atoms with Gasteiger partial charge in [-0.2, -0.15) is 5.10 Å². The summed E-state index contributed by atoms with van der Waals surface area (Å²) in [4.78, 5) is 24.5. The second-order valence-corrected chi connectivity index (χ2v) is 5.49. The van der Waals surface area contributed by atoms with Crippen molar-refractivity contribution in [3.05, 3.63) is 57.0 Å². The number of amides is 1. The van der Waals surface area contributed by atoms with E-state index in [4.69, 9.17) is 11.6 Å². The number of carbonyl (C=O) groups excluding carboxylic acids is 1. The van der Waals surface area contributed by atoms with Crippen molar-refractivity contribution in [3.63, 3.8) is 0 Å². The molecule has 22 heavy (non-hydrogen) atoms. The Morgan fingerprint density at radius 1 is 1.32 bits per heavy atom. The van der Waals surface area contributed by atoms with Gasteiger partial charge in [-0.1, -0.05) is 24.6 Å². The van der Waals surface area contributed by atoms with Crippen LogP contribution in [0.25, 0.3) is 0 Å². The van der Waals surface area contributed by atoms with Crippen LogP contribution in [0.4, 0.5) is 5.69 Å². The van der Waals surface area contributed by atoms with Crippen LogP contribution in [0.15, 0.2) is 35.1 Å². The molecule has 0 saturated carbocycles. The van der Waals surface area contributed by atoms with Crippen LogP contribution in [-0.2, 0) is 4.79 Å². The molecule has 2 aromatic rings. The fraction of sp³-hybridized carbons (Fsp3) is 0.312. The standard InChI is InChI=1S/C16H18ClN3O2/c1-4-14(20-15(21)9-8-10(2)19-20)16(22)18-13-7-5-6-12(17)11(13)3/h5-9,14H,4H2,1-3H3,(H,18,22). The van der Waals surface area contributed by atoms with Crippen LogP contribution in [0.3, 0.4) is 0 Å². The van der Waals surface area contributed by atoms with Gasteiger partial charge in [0.15, 0.2) is 0 Å². The van der Waals surface area contributed by atoms with Gasteiger partial charge in [-0.25, -0.2) is 4.68 Å². The Hall–Kier alpha value is -2.14. The van der Waals surface area contributed by atoms with Crippen molar-refractivity contribution in [1.29, 1.82) is 0 Å². The van der Waals surface area contributed by atoms with E-state index in [1.54, 1.807) is 31.2 Å². The Bertz CT molecular complexity index is 755. The Balaban J connectivity index is 2.32. The lowest BCUT2D eigenvalue weighted by Gasteiger charge is -2.18. The van der Waals surface area contributed by atoms with E-state index < -0.39 is 6.04 Å². The highest BCUT2D eigenvalue weighted by Crippen LogP contribution is 2.24. The maximum absolute atomic E-state index is 12.5. The molecule has 0 aliphatic heterocycles. The summed E-state index contributed by atoms with van der Waals surface area (Å²) < 4.78 is 1.23. The van der Waals surface area contributed by atoms with E-state index in [0.717, 1.165) is 5.56 Å². The zero-order valence-corrected chi connectivity index (χ0v) is 13.5. The molecule has 5 nitrogen and oxygen atoms in total. The van der Waals surface area contributed by atoms with E-state index in [-0.39, 0.29) is 11.5 Å². The molecule has 0 aliphatic carbocycles. The van der Waals surface area contributed by atoms with Crippen molar-refractivity contribution in [2.75, 3.05) is 5.32 Å². The lowest BCUT2D eigenvalue weighted by Crippen LogP contribution is -2.34. The SMILES string of the molecule is CCC(C(=O)Nc1cccc(Cl)c1C)n1nc(C)ccc1=O. The third-order valence-corrected chi connectivity index (χ3v) is 3.88. The third-order valence-electron chi connectivity index (χ3n) is 3.47. The number of nitrogens with zero attached hydrogens (tertiary/aromatic N) is 2. The molecule has 0 radical (unpaired) electrons. The first-order valence-corrected chi connectivity index (χ1v) is 7.44. The highest BCUT2D eigenvalue weighted by atomic mass is 35.5. The summed E-state index contributed by atoms with van der Waals surface area (Å²) in [6, 6.07) is 7.69. The van der Waals surface area contributed by atoms with Crippen molar-refractivity contribution < 1.29 is 4.79 Å². The van der Waals surface area contributed by atoms with E-state index in [1.807, 2.05) is 13.8 Å². The maximum atomic E-state index is 12.5. The highest BCUT2D eigenvalue weighted by Gasteiger charge is 2.21. The minimum atomic E-state index is -0.661. The van der Waals surface area contributed by atoms with Crippen molar-refractivity contribution in [2.45, 2.75) is 33.2 Å². The molecule has 1 amide bonds. The molecule has 0 aliphatic rings. The van der Waals surface area contributed by atoms with Gasteiger partial charge in [0, 0.05) is 16.8 Å². The zero-order valence-electron chi connectivity index (χ0n) is 12.8. The first-order valence-electron chi connectivity index (χ1n) is 7.06. The molecular formula is C16H18ClN3O2. The van der Waals surface area contributed by atoms with Crippen LogP contribution in [0.5, 0.6) is 0 Å². The van der Waals surface area contributed by atoms with Crippen molar-refractivity contribution >= 4 is 23.2 Å². The number of nitrogens with one attached hydrogen (secondary N) is 1. The summed E-state index contributed by atoms with van der Waals surface area (Å²) >= 11 is 6.05. The fourth-order valence-electron chi connectivity index (χ4n) is 2.17. The van der Waals surface area contributed by atoms with Crippen LogP contribution < -0.4 is 10.9 Å². The van der Waals surface area contributed by atoms with Gasteiger partial charge in [0.25, 0.3) is 5.56 Å².